The van der Waals surface area contributed by atoms with E-state index < -0.39 is 0 Å². The first-order valence-electron chi connectivity index (χ1n) is 11.0. The van der Waals surface area contributed by atoms with Gasteiger partial charge >= 0.3 is 0 Å². The minimum atomic E-state index is 0.0980. The molecule has 0 spiro atoms. The van der Waals surface area contributed by atoms with Crippen molar-refractivity contribution in [2.75, 3.05) is 12.0 Å². The molecule has 0 amide bonds. The van der Waals surface area contributed by atoms with E-state index in [9.17, 15) is 4.79 Å². The fraction of sp³-hybridized carbons (Fsp3) is 0.320. The quantitative estimate of drug-likeness (QED) is 0.220. The molecule has 0 atom stereocenters. The fourth-order valence-electron chi connectivity index (χ4n) is 4.16. The first kappa shape index (κ1) is 22.1. The van der Waals surface area contributed by atoms with Gasteiger partial charge in [0, 0.05) is 33.5 Å². The first-order chi connectivity index (χ1) is 16.0. The van der Waals surface area contributed by atoms with Crippen LogP contribution in [0.2, 0.25) is 0 Å². The van der Waals surface area contributed by atoms with Gasteiger partial charge in [-0.3, -0.25) is 9.36 Å². The van der Waals surface area contributed by atoms with Crippen molar-refractivity contribution >= 4 is 29.3 Å². The number of furan rings is 1. The number of rotatable bonds is 9. The van der Waals surface area contributed by atoms with Gasteiger partial charge in [-0.25, -0.2) is 0 Å². The molecule has 1 aromatic carbocycles. The van der Waals surface area contributed by atoms with E-state index in [0.717, 1.165) is 52.2 Å². The second-order valence-electron chi connectivity index (χ2n) is 8.31. The minimum absolute atomic E-state index is 0.0980. The molecule has 5 rings (SSSR count). The molecule has 0 unspecified atom stereocenters. The highest BCUT2D eigenvalue weighted by Gasteiger charge is 2.31. The summed E-state index contributed by atoms with van der Waals surface area (Å²) in [4.78, 5) is 14.4. The molecule has 1 fully saturated rings. The molecule has 4 aromatic rings. The van der Waals surface area contributed by atoms with E-state index in [4.69, 9.17) is 4.42 Å². The smallest absolute Gasteiger partial charge is 0.192 e. The van der Waals surface area contributed by atoms with E-state index in [1.807, 2.05) is 32.0 Å². The predicted molar refractivity (Wildman–Crippen MR) is 132 cm³/mol. The van der Waals surface area contributed by atoms with Crippen LogP contribution < -0.4 is 0 Å². The van der Waals surface area contributed by atoms with E-state index in [0.29, 0.717) is 18.2 Å². The maximum Gasteiger partial charge on any atom is 0.192 e. The van der Waals surface area contributed by atoms with Crippen LogP contribution >= 0.6 is 23.5 Å². The molecule has 1 saturated carbocycles. The highest BCUT2D eigenvalue weighted by molar-refractivity contribution is 7.99. The van der Waals surface area contributed by atoms with Crippen LogP contribution in [-0.4, -0.2) is 37.1 Å². The standard InChI is InChI=1S/C25H26N4O2S2/c1-16-12-22(17(2)29(16)19-6-4-8-21(13-19)32-3)23(30)15-33-25-27-26-24(18-9-10-18)28(25)14-20-7-5-11-31-20/h4-8,11-13,18H,9-10,14-15H2,1-3H3. The maximum atomic E-state index is 13.2. The number of hydrogen-bond acceptors (Lipinski definition) is 6. The average molecular weight is 479 g/mol. The van der Waals surface area contributed by atoms with Crippen LogP contribution in [0.25, 0.3) is 5.69 Å². The summed E-state index contributed by atoms with van der Waals surface area (Å²) in [7, 11) is 0. The topological polar surface area (TPSA) is 65.8 Å². The molecule has 0 aliphatic heterocycles. The lowest BCUT2D eigenvalue weighted by molar-refractivity contribution is 0.102. The van der Waals surface area contributed by atoms with E-state index in [2.05, 4.69) is 49.9 Å². The van der Waals surface area contributed by atoms with Gasteiger partial charge in [-0.1, -0.05) is 17.8 Å². The van der Waals surface area contributed by atoms with Crippen LogP contribution in [0.5, 0.6) is 0 Å². The summed E-state index contributed by atoms with van der Waals surface area (Å²) in [5.41, 5.74) is 3.85. The van der Waals surface area contributed by atoms with Crippen LogP contribution in [0.3, 0.4) is 0 Å². The minimum Gasteiger partial charge on any atom is -0.467 e. The molecular weight excluding hydrogens is 452 g/mol. The second-order valence-corrected chi connectivity index (χ2v) is 10.1. The maximum absolute atomic E-state index is 13.2. The first-order valence-corrected chi connectivity index (χ1v) is 13.2. The third-order valence-electron chi connectivity index (χ3n) is 5.96. The van der Waals surface area contributed by atoms with Crippen molar-refractivity contribution in [2.45, 2.75) is 49.2 Å². The molecule has 1 aliphatic rings. The summed E-state index contributed by atoms with van der Waals surface area (Å²) in [5, 5.41) is 9.61. The fourth-order valence-corrected chi connectivity index (χ4v) is 5.44. The summed E-state index contributed by atoms with van der Waals surface area (Å²) >= 11 is 3.16. The molecule has 8 heteroatoms. The Bertz CT molecular complexity index is 1290. The normalized spacial score (nSPS) is 13.5. The van der Waals surface area contributed by atoms with Gasteiger partial charge in [-0.05, 0) is 69.3 Å². The van der Waals surface area contributed by atoms with Gasteiger partial charge in [0.25, 0.3) is 0 Å². The Morgan fingerprint density at radius 3 is 2.73 bits per heavy atom. The van der Waals surface area contributed by atoms with Crippen LogP contribution in [0, 0.1) is 13.8 Å². The third-order valence-corrected chi connectivity index (χ3v) is 7.65. The molecule has 3 heterocycles. The van der Waals surface area contributed by atoms with Crippen LogP contribution in [0.4, 0.5) is 0 Å². The highest BCUT2D eigenvalue weighted by atomic mass is 32.2. The van der Waals surface area contributed by atoms with Gasteiger partial charge in [-0.15, -0.1) is 22.0 Å². The van der Waals surface area contributed by atoms with Crippen molar-refractivity contribution in [3.8, 4) is 5.69 Å². The Morgan fingerprint density at radius 2 is 2.00 bits per heavy atom. The number of thioether (sulfide) groups is 2. The Labute approximate surface area is 201 Å². The lowest BCUT2D eigenvalue weighted by Crippen LogP contribution is -2.08. The number of carbonyl (C=O) groups is 1. The number of aromatic nitrogens is 4. The summed E-state index contributed by atoms with van der Waals surface area (Å²) in [5.74, 6) is 2.74. The Kier molecular flexibility index (Phi) is 6.21. The summed E-state index contributed by atoms with van der Waals surface area (Å²) in [6.45, 7) is 4.65. The third kappa shape index (κ3) is 4.54. The van der Waals surface area contributed by atoms with Gasteiger partial charge < -0.3 is 8.98 Å². The number of carbonyl (C=O) groups excluding carboxylic acids is 1. The summed E-state index contributed by atoms with van der Waals surface area (Å²) in [6, 6.07) is 14.2. The number of Topliss-reactive ketones (excluding diaryl/α,β-unsaturated/α-hetero) is 1. The average Bonchev–Trinajstić information content (AvgIpc) is 3.24. The molecule has 3 aromatic heterocycles. The van der Waals surface area contributed by atoms with Crippen LogP contribution in [-0.2, 0) is 6.54 Å². The van der Waals surface area contributed by atoms with Gasteiger partial charge in [0.2, 0.25) is 0 Å². The van der Waals surface area contributed by atoms with Crippen molar-refractivity contribution < 1.29 is 9.21 Å². The molecule has 170 valence electrons. The van der Waals surface area contributed by atoms with Crippen LogP contribution in [0.15, 0.2) is 63.2 Å². The molecule has 0 radical (unpaired) electrons. The van der Waals surface area contributed by atoms with Crippen molar-refractivity contribution in [3.63, 3.8) is 0 Å². The zero-order chi connectivity index (χ0) is 22.9. The monoisotopic (exact) mass is 478 g/mol. The van der Waals surface area contributed by atoms with Gasteiger partial charge in [0.1, 0.15) is 11.6 Å². The van der Waals surface area contributed by atoms with E-state index in [1.54, 1.807) is 18.0 Å². The summed E-state index contributed by atoms with van der Waals surface area (Å²) < 4.78 is 9.80. The predicted octanol–water partition coefficient (Wildman–Crippen LogP) is 5.90. The Hall–Kier alpha value is -2.71. The number of ketones is 1. The SMILES string of the molecule is CSc1cccc(-n2c(C)cc(C(=O)CSc3nnc(C4CC4)n3Cc3ccco3)c2C)c1. The summed E-state index contributed by atoms with van der Waals surface area (Å²) in [6.07, 6.45) is 6.03. The number of nitrogens with zero attached hydrogens (tertiary/aromatic N) is 4. The highest BCUT2D eigenvalue weighted by Crippen LogP contribution is 2.40. The number of aryl methyl sites for hydroxylation is 1. The number of hydrogen-bond donors (Lipinski definition) is 0. The van der Waals surface area contributed by atoms with E-state index in [1.165, 1.54) is 16.7 Å². The number of benzene rings is 1. The molecule has 0 saturated heterocycles. The molecular formula is C25H26N4O2S2. The molecule has 33 heavy (non-hydrogen) atoms. The van der Waals surface area contributed by atoms with Crippen molar-refractivity contribution in [2.24, 2.45) is 0 Å². The van der Waals surface area contributed by atoms with Gasteiger partial charge in [0.15, 0.2) is 10.9 Å². The molecule has 6 nitrogen and oxygen atoms in total. The van der Waals surface area contributed by atoms with E-state index in [-0.39, 0.29) is 5.78 Å². The lowest BCUT2D eigenvalue weighted by atomic mass is 10.2. The molecule has 1 aliphatic carbocycles. The largest absolute Gasteiger partial charge is 0.467 e. The van der Waals surface area contributed by atoms with Crippen molar-refractivity contribution in [1.29, 1.82) is 0 Å². The van der Waals surface area contributed by atoms with Crippen molar-refractivity contribution in [1.82, 2.24) is 19.3 Å². The lowest BCUT2D eigenvalue weighted by Gasteiger charge is -2.11. The zero-order valence-electron chi connectivity index (χ0n) is 18.9. The Morgan fingerprint density at radius 1 is 1.15 bits per heavy atom. The van der Waals surface area contributed by atoms with E-state index >= 15 is 0 Å². The molecule has 0 bridgehead atoms. The van der Waals surface area contributed by atoms with Crippen molar-refractivity contribution in [3.05, 3.63) is 77.3 Å². The van der Waals surface area contributed by atoms with Crippen LogP contribution in [0.1, 0.15) is 52.1 Å². The molecule has 0 N–H and O–H groups in total. The second kappa shape index (κ2) is 9.27. The van der Waals surface area contributed by atoms with Gasteiger partial charge in [-0.2, -0.15) is 0 Å². The van der Waals surface area contributed by atoms with Gasteiger partial charge in [0.05, 0.1) is 18.6 Å². The zero-order valence-corrected chi connectivity index (χ0v) is 20.6. The Balaban J connectivity index is 1.36.